The van der Waals surface area contributed by atoms with Gasteiger partial charge in [-0.1, -0.05) is 6.07 Å². The van der Waals surface area contributed by atoms with Crippen molar-refractivity contribution in [1.82, 2.24) is 15.4 Å². The van der Waals surface area contributed by atoms with Crippen molar-refractivity contribution < 1.29 is 9.53 Å². The maximum absolute atomic E-state index is 12.5. The lowest BCUT2D eigenvalue weighted by molar-refractivity contribution is 0.102. The molecule has 0 radical (unpaired) electrons. The van der Waals surface area contributed by atoms with Gasteiger partial charge in [0.1, 0.15) is 5.75 Å². The predicted octanol–water partition coefficient (Wildman–Crippen LogP) is 3.53. The third kappa shape index (κ3) is 4.10. The second-order valence-electron chi connectivity index (χ2n) is 5.06. The average molecular weight is 355 g/mol. The van der Waals surface area contributed by atoms with E-state index in [0.717, 1.165) is 16.3 Å². The summed E-state index contributed by atoms with van der Waals surface area (Å²) in [6.07, 6.45) is 1.98. The van der Waals surface area contributed by atoms with Crippen molar-refractivity contribution in [2.75, 3.05) is 24.0 Å². The van der Waals surface area contributed by atoms with E-state index in [0.29, 0.717) is 11.5 Å². The van der Waals surface area contributed by atoms with Crippen molar-refractivity contribution >= 4 is 34.9 Å². The number of rotatable bonds is 6. The number of aromatic nitrogens is 3. The molecular weight excluding hydrogens is 338 g/mol. The highest BCUT2D eigenvalue weighted by Gasteiger charge is 2.17. The molecule has 0 atom stereocenters. The maximum Gasteiger partial charge on any atom is 0.280 e. The average Bonchev–Trinajstić information content (AvgIpc) is 3.11. The van der Waals surface area contributed by atoms with Gasteiger partial charge in [-0.3, -0.25) is 4.79 Å². The van der Waals surface area contributed by atoms with E-state index in [1.165, 1.54) is 0 Å². The van der Waals surface area contributed by atoms with Crippen molar-refractivity contribution in [2.45, 2.75) is 4.90 Å². The van der Waals surface area contributed by atoms with Crippen LogP contribution in [0.3, 0.4) is 0 Å². The summed E-state index contributed by atoms with van der Waals surface area (Å²) in [7, 11) is 1.61. The highest BCUT2D eigenvalue weighted by atomic mass is 32.2. The van der Waals surface area contributed by atoms with E-state index in [2.05, 4.69) is 26.0 Å². The second kappa shape index (κ2) is 7.71. The van der Waals surface area contributed by atoms with Crippen LogP contribution >= 0.6 is 11.8 Å². The van der Waals surface area contributed by atoms with Crippen LogP contribution in [0.1, 0.15) is 10.5 Å². The van der Waals surface area contributed by atoms with Gasteiger partial charge >= 0.3 is 0 Å². The van der Waals surface area contributed by atoms with Gasteiger partial charge in [0.2, 0.25) is 0 Å². The standard InChI is InChI=1S/C17H17N5O2S/c1-24-13-8-6-11(7-9-13)18-16-15(20-22-21-16)17(23)19-12-4-3-5-14(10-12)25-2/h3-10H,1-2H3,(H,19,23)(H2,18,20,21,22). The number of benzene rings is 2. The smallest absolute Gasteiger partial charge is 0.280 e. The van der Waals surface area contributed by atoms with E-state index in [1.54, 1.807) is 18.9 Å². The number of anilines is 3. The molecule has 8 heteroatoms. The molecule has 128 valence electrons. The summed E-state index contributed by atoms with van der Waals surface area (Å²) in [6.45, 7) is 0. The Balaban J connectivity index is 1.74. The predicted molar refractivity (Wildman–Crippen MR) is 98.8 cm³/mol. The minimum absolute atomic E-state index is 0.186. The van der Waals surface area contributed by atoms with E-state index in [9.17, 15) is 4.79 Å². The summed E-state index contributed by atoms with van der Waals surface area (Å²) in [5.41, 5.74) is 1.66. The number of aromatic amines is 1. The lowest BCUT2D eigenvalue weighted by atomic mass is 10.3. The summed E-state index contributed by atoms with van der Waals surface area (Å²) >= 11 is 1.61. The van der Waals surface area contributed by atoms with Crippen molar-refractivity contribution in [3.8, 4) is 5.75 Å². The fourth-order valence-corrected chi connectivity index (χ4v) is 2.64. The van der Waals surface area contributed by atoms with Crippen molar-refractivity contribution in [2.24, 2.45) is 0 Å². The lowest BCUT2D eigenvalue weighted by Crippen LogP contribution is -2.14. The Morgan fingerprint density at radius 3 is 2.64 bits per heavy atom. The first kappa shape index (κ1) is 16.8. The normalized spacial score (nSPS) is 10.3. The number of hydrogen-bond donors (Lipinski definition) is 3. The Morgan fingerprint density at radius 2 is 1.92 bits per heavy atom. The van der Waals surface area contributed by atoms with Crippen molar-refractivity contribution in [3.63, 3.8) is 0 Å². The van der Waals surface area contributed by atoms with Gasteiger partial charge in [-0.2, -0.15) is 5.21 Å². The van der Waals surface area contributed by atoms with Crippen LogP contribution in [0, 0.1) is 0 Å². The summed E-state index contributed by atoms with van der Waals surface area (Å²) in [6, 6.07) is 14.9. The number of nitrogens with zero attached hydrogens (tertiary/aromatic N) is 2. The van der Waals surface area contributed by atoms with Gasteiger partial charge in [0.05, 0.1) is 7.11 Å². The molecule has 0 aliphatic carbocycles. The zero-order valence-electron chi connectivity index (χ0n) is 13.7. The molecule has 3 N–H and O–H groups in total. The molecule has 0 fully saturated rings. The van der Waals surface area contributed by atoms with Gasteiger partial charge in [0.15, 0.2) is 11.5 Å². The van der Waals surface area contributed by atoms with E-state index in [-0.39, 0.29) is 11.6 Å². The van der Waals surface area contributed by atoms with E-state index in [4.69, 9.17) is 4.74 Å². The highest BCUT2D eigenvalue weighted by Crippen LogP contribution is 2.22. The minimum Gasteiger partial charge on any atom is -0.497 e. The molecule has 0 saturated carbocycles. The van der Waals surface area contributed by atoms with Gasteiger partial charge in [0.25, 0.3) is 5.91 Å². The molecule has 0 saturated heterocycles. The second-order valence-corrected chi connectivity index (χ2v) is 5.94. The summed E-state index contributed by atoms with van der Waals surface area (Å²) in [4.78, 5) is 13.6. The van der Waals surface area contributed by atoms with Crippen LogP contribution in [0.4, 0.5) is 17.2 Å². The lowest BCUT2D eigenvalue weighted by Gasteiger charge is -2.07. The number of nitrogens with one attached hydrogen (secondary N) is 3. The molecule has 0 spiro atoms. The zero-order chi connectivity index (χ0) is 17.6. The number of H-pyrrole nitrogens is 1. The molecular formula is C17H17N5O2S. The number of carbonyl (C=O) groups excluding carboxylic acids is 1. The molecule has 0 aliphatic heterocycles. The number of ether oxygens (including phenoxy) is 1. The molecule has 7 nitrogen and oxygen atoms in total. The van der Waals surface area contributed by atoms with Crippen LogP contribution < -0.4 is 15.4 Å². The summed E-state index contributed by atoms with van der Waals surface area (Å²) < 4.78 is 5.12. The molecule has 25 heavy (non-hydrogen) atoms. The first-order valence-corrected chi connectivity index (χ1v) is 8.69. The Bertz CT molecular complexity index is 863. The molecule has 3 rings (SSSR count). The van der Waals surface area contributed by atoms with Gasteiger partial charge in [-0.25, -0.2) is 0 Å². The fraction of sp³-hybridized carbons (Fsp3) is 0.118. The van der Waals surface area contributed by atoms with Gasteiger partial charge < -0.3 is 15.4 Å². The number of methoxy groups -OCH3 is 1. The van der Waals surface area contributed by atoms with Crippen LogP contribution in [-0.2, 0) is 0 Å². The Labute approximate surface area is 149 Å². The fourth-order valence-electron chi connectivity index (χ4n) is 2.18. The van der Waals surface area contributed by atoms with Crippen LogP contribution in [0.15, 0.2) is 53.4 Å². The molecule has 1 aromatic heterocycles. The topological polar surface area (TPSA) is 91.9 Å². The summed E-state index contributed by atoms with van der Waals surface area (Å²) in [5.74, 6) is 0.754. The van der Waals surface area contributed by atoms with E-state index < -0.39 is 0 Å². The minimum atomic E-state index is -0.344. The quantitative estimate of drug-likeness (QED) is 0.586. The summed E-state index contributed by atoms with van der Waals surface area (Å²) in [5, 5.41) is 16.3. The Morgan fingerprint density at radius 1 is 1.12 bits per heavy atom. The molecule has 0 bridgehead atoms. The van der Waals surface area contributed by atoms with E-state index >= 15 is 0 Å². The monoisotopic (exact) mass is 355 g/mol. The number of thioether (sulfide) groups is 1. The molecule has 1 heterocycles. The van der Waals surface area contributed by atoms with E-state index in [1.807, 2.05) is 54.8 Å². The third-order valence-corrected chi connectivity index (χ3v) is 4.17. The van der Waals surface area contributed by atoms with Crippen LogP contribution in [-0.4, -0.2) is 34.7 Å². The van der Waals surface area contributed by atoms with Gasteiger partial charge in [-0.05, 0) is 48.7 Å². The number of amides is 1. The number of carbonyl (C=O) groups is 1. The van der Waals surface area contributed by atoms with Crippen molar-refractivity contribution in [1.29, 1.82) is 0 Å². The van der Waals surface area contributed by atoms with Crippen LogP contribution in [0.2, 0.25) is 0 Å². The van der Waals surface area contributed by atoms with Crippen molar-refractivity contribution in [3.05, 3.63) is 54.2 Å². The maximum atomic E-state index is 12.5. The number of hydrogen-bond acceptors (Lipinski definition) is 6. The molecule has 2 aromatic carbocycles. The molecule has 3 aromatic rings. The third-order valence-electron chi connectivity index (χ3n) is 3.44. The van der Waals surface area contributed by atoms with Gasteiger partial charge in [0, 0.05) is 16.3 Å². The molecule has 1 amide bonds. The first-order valence-electron chi connectivity index (χ1n) is 7.47. The first-order chi connectivity index (χ1) is 12.2. The zero-order valence-corrected chi connectivity index (χ0v) is 14.6. The van der Waals surface area contributed by atoms with Crippen LogP contribution in [0.5, 0.6) is 5.75 Å². The largest absolute Gasteiger partial charge is 0.497 e. The van der Waals surface area contributed by atoms with Crippen LogP contribution in [0.25, 0.3) is 0 Å². The van der Waals surface area contributed by atoms with Gasteiger partial charge in [-0.15, -0.1) is 22.0 Å². The SMILES string of the molecule is COc1ccc(Nc2n[nH]nc2C(=O)Nc2cccc(SC)c2)cc1. The highest BCUT2D eigenvalue weighted by molar-refractivity contribution is 7.98. The molecule has 0 unspecified atom stereocenters. The Kier molecular flexibility index (Phi) is 5.20. The molecule has 0 aliphatic rings. The Hall–Kier alpha value is -3.00.